The number of nitrogens with one attached hydrogen (secondary N) is 1. The van der Waals surface area contributed by atoms with Crippen molar-refractivity contribution < 1.29 is 4.74 Å². The number of benzene rings is 1. The van der Waals surface area contributed by atoms with Crippen LogP contribution in [0.5, 0.6) is 5.75 Å². The zero-order valence-corrected chi connectivity index (χ0v) is 9.14. The number of aromatic nitrogens is 1. The number of hydrogen-bond acceptors (Lipinski definition) is 3. The number of aromatic amines is 1. The van der Waals surface area contributed by atoms with E-state index in [0.717, 1.165) is 17.0 Å². The van der Waals surface area contributed by atoms with Crippen LogP contribution in [-0.2, 0) is 0 Å². The van der Waals surface area contributed by atoms with Crippen LogP contribution in [0, 0.1) is 0 Å². The van der Waals surface area contributed by atoms with Gasteiger partial charge < -0.3 is 9.72 Å². The van der Waals surface area contributed by atoms with E-state index in [4.69, 9.17) is 4.74 Å². The van der Waals surface area contributed by atoms with Gasteiger partial charge in [-0.2, -0.15) is 0 Å². The zero-order chi connectivity index (χ0) is 10.7. The average molecular weight is 221 g/mol. The highest BCUT2D eigenvalue weighted by Gasteiger charge is 2.01. The van der Waals surface area contributed by atoms with E-state index in [1.54, 1.807) is 0 Å². The molecule has 0 fully saturated rings. The molecule has 0 amide bonds. The van der Waals surface area contributed by atoms with Crippen molar-refractivity contribution in [2.75, 3.05) is 6.61 Å². The summed E-state index contributed by atoms with van der Waals surface area (Å²) in [5.74, 6) is 0.821. The SMILES string of the molecule is CCOc1cccc(-c2csc(=O)[nH]2)c1. The van der Waals surface area contributed by atoms with E-state index in [2.05, 4.69) is 4.98 Å². The minimum Gasteiger partial charge on any atom is -0.494 e. The maximum atomic E-state index is 11.0. The van der Waals surface area contributed by atoms with Crippen molar-refractivity contribution in [2.24, 2.45) is 0 Å². The lowest BCUT2D eigenvalue weighted by Crippen LogP contribution is -1.93. The van der Waals surface area contributed by atoms with Gasteiger partial charge in [-0.3, -0.25) is 4.79 Å². The largest absolute Gasteiger partial charge is 0.494 e. The molecule has 4 heteroatoms. The molecule has 2 rings (SSSR count). The summed E-state index contributed by atoms with van der Waals surface area (Å²) in [5.41, 5.74) is 1.81. The molecule has 0 bridgehead atoms. The molecule has 15 heavy (non-hydrogen) atoms. The summed E-state index contributed by atoms with van der Waals surface area (Å²) in [5, 5.41) is 1.81. The van der Waals surface area contributed by atoms with Crippen LogP contribution in [0.15, 0.2) is 34.4 Å². The minimum atomic E-state index is -0.0354. The molecule has 78 valence electrons. The smallest absolute Gasteiger partial charge is 0.304 e. The maximum Gasteiger partial charge on any atom is 0.304 e. The fourth-order valence-electron chi connectivity index (χ4n) is 1.34. The van der Waals surface area contributed by atoms with E-state index < -0.39 is 0 Å². The summed E-state index contributed by atoms with van der Waals surface area (Å²) in [6.07, 6.45) is 0. The average Bonchev–Trinajstić information content (AvgIpc) is 2.66. The van der Waals surface area contributed by atoms with Crippen molar-refractivity contribution in [3.8, 4) is 17.0 Å². The first kappa shape index (κ1) is 9.98. The van der Waals surface area contributed by atoms with E-state index in [-0.39, 0.29) is 4.87 Å². The summed E-state index contributed by atoms with van der Waals surface area (Å²) in [4.78, 5) is 13.7. The van der Waals surface area contributed by atoms with Gasteiger partial charge in [-0.25, -0.2) is 0 Å². The van der Waals surface area contributed by atoms with Gasteiger partial charge in [0.1, 0.15) is 5.75 Å². The Morgan fingerprint density at radius 1 is 1.47 bits per heavy atom. The number of thiazole rings is 1. The molecular weight excluding hydrogens is 210 g/mol. The van der Waals surface area contributed by atoms with Crippen LogP contribution < -0.4 is 9.61 Å². The fraction of sp³-hybridized carbons (Fsp3) is 0.182. The third-order valence-corrected chi connectivity index (χ3v) is 2.65. The first-order chi connectivity index (χ1) is 7.29. The Bertz CT molecular complexity index is 501. The summed E-state index contributed by atoms with van der Waals surface area (Å²) >= 11 is 1.17. The Hall–Kier alpha value is -1.55. The van der Waals surface area contributed by atoms with Crippen molar-refractivity contribution >= 4 is 11.3 Å². The summed E-state index contributed by atoms with van der Waals surface area (Å²) in [7, 11) is 0. The lowest BCUT2D eigenvalue weighted by molar-refractivity contribution is 0.340. The second kappa shape index (κ2) is 4.31. The van der Waals surface area contributed by atoms with Gasteiger partial charge in [0.15, 0.2) is 0 Å². The van der Waals surface area contributed by atoms with Crippen LogP contribution in [0.4, 0.5) is 0 Å². The van der Waals surface area contributed by atoms with E-state index in [1.807, 2.05) is 36.6 Å². The predicted octanol–water partition coefficient (Wildman–Crippen LogP) is 2.50. The van der Waals surface area contributed by atoms with Gasteiger partial charge in [0.25, 0.3) is 0 Å². The van der Waals surface area contributed by atoms with Gasteiger partial charge in [0.05, 0.1) is 12.3 Å². The second-order valence-corrected chi connectivity index (χ2v) is 3.86. The molecule has 1 heterocycles. The number of H-pyrrole nitrogens is 1. The van der Waals surface area contributed by atoms with Gasteiger partial charge in [-0.05, 0) is 19.1 Å². The monoisotopic (exact) mass is 221 g/mol. The highest BCUT2D eigenvalue weighted by Crippen LogP contribution is 2.22. The molecule has 1 N–H and O–H groups in total. The molecule has 0 aliphatic heterocycles. The highest BCUT2D eigenvalue weighted by atomic mass is 32.1. The molecule has 3 nitrogen and oxygen atoms in total. The summed E-state index contributed by atoms with van der Waals surface area (Å²) < 4.78 is 5.39. The van der Waals surface area contributed by atoms with Gasteiger partial charge >= 0.3 is 4.87 Å². The molecule has 0 aliphatic carbocycles. The van der Waals surface area contributed by atoms with Crippen molar-refractivity contribution in [1.29, 1.82) is 0 Å². The normalized spacial score (nSPS) is 10.2. The summed E-state index contributed by atoms with van der Waals surface area (Å²) in [6.45, 7) is 2.59. The molecule has 0 saturated heterocycles. The van der Waals surface area contributed by atoms with E-state index in [9.17, 15) is 4.79 Å². The first-order valence-electron chi connectivity index (χ1n) is 4.70. The number of ether oxygens (including phenoxy) is 1. The van der Waals surface area contributed by atoms with E-state index in [1.165, 1.54) is 11.3 Å². The molecule has 0 radical (unpaired) electrons. The third-order valence-electron chi connectivity index (χ3n) is 1.98. The first-order valence-corrected chi connectivity index (χ1v) is 5.58. The van der Waals surface area contributed by atoms with Crippen LogP contribution in [0.1, 0.15) is 6.92 Å². The molecular formula is C11H11NO2S. The van der Waals surface area contributed by atoms with Crippen LogP contribution in [0.2, 0.25) is 0 Å². The molecule has 0 aliphatic rings. The van der Waals surface area contributed by atoms with Gasteiger partial charge in [0.2, 0.25) is 0 Å². The van der Waals surface area contributed by atoms with E-state index in [0.29, 0.717) is 6.61 Å². The molecule has 2 aromatic rings. The molecule has 1 aromatic heterocycles. The number of rotatable bonds is 3. The molecule has 1 aromatic carbocycles. The van der Waals surface area contributed by atoms with Crippen molar-refractivity contribution in [3.63, 3.8) is 0 Å². The lowest BCUT2D eigenvalue weighted by atomic mass is 10.2. The van der Waals surface area contributed by atoms with Crippen molar-refractivity contribution in [1.82, 2.24) is 4.98 Å². The Balaban J connectivity index is 2.36. The van der Waals surface area contributed by atoms with Crippen molar-refractivity contribution in [3.05, 3.63) is 39.3 Å². The van der Waals surface area contributed by atoms with Gasteiger partial charge in [0, 0.05) is 10.9 Å². The lowest BCUT2D eigenvalue weighted by Gasteiger charge is -2.04. The molecule has 0 spiro atoms. The highest BCUT2D eigenvalue weighted by molar-refractivity contribution is 7.07. The Kier molecular flexibility index (Phi) is 2.87. The quantitative estimate of drug-likeness (QED) is 0.865. The predicted molar refractivity (Wildman–Crippen MR) is 61.5 cm³/mol. The number of hydrogen-bond donors (Lipinski definition) is 1. The fourth-order valence-corrected chi connectivity index (χ4v) is 1.93. The topological polar surface area (TPSA) is 42.1 Å². The minimum absolute atomic E-state index is 0.0354. The maximum absolute atomic E-state index is 11.0. The molecule has 0 saturated carbocycles. The van der Waals surface area contributed by atoms with Crippen molar-refractivity contribution in [2.45, 2.75) is 6.92 Å². The second-order valence-electron chi connectivity index (χ2n) is 3.02. The Labute approximate surface area is 91.4 Å². The van der Waals surface area contributed by atoms with Gasteiger partial charge in [-0.1, -0.05) is 23.5 Å². The van der Waals surface area contributed by atoms with Crippen LogP contribution in [-0.4, -0.2) is 11.6 Å². The third kappa shape index (κ3) is 2.27. The Morgan fingerprint density at radius 2 is 2.33 bits per heavy atom. The van der Waals surface area contributed by atoms with Crippen LogP contribution in [0.25, 0.3) is 11.3 Å². The standard InChI is InChI=1S/C11H11NO2S/c1-2-14-9-5-3-4-8(6-9)10-7-15-11(13)12-10/h3-7H,2H2,1H3,(H,12,13). The van der Waals surface area contributed by atoms with E-state index >= 15 is 0 Å². The molecule has 0 unspecified atom stereocenters. The van der Waals surface area contributed by atoms with Crippen LogP contribution in [0.3, 0.4) is 0 Å². The zero-order valence-electron chi connectivity index (χ0n) is 8.32. The summed E-state index contributed by atoms with van der Waals surface area (Å²) in [6, 6.07) is 7.68. The molecule has 0 atom stereocenters. The van der Waals surface area contributed by atoms with Gasteiger partial charge in [-0.15, -0.1) is 0 Å². The Morgan fingerprint density at radius 3 is 3.00 bits per heavy atom. The van der Waals surface area contributed by atoms with Crippen LogP contribution >= 0.6 is 11.3 Å².